The highest BCUT2D eigenvalue weighted by atomic mass is 19.3. The zero-order valence-electron chi connectivity index (χ0n) is 8.91. The maximum absolute atomic E-state index is 13.3. The molecule has 0 aliphatic heterocycles. The van der Waals surface area contributed by atoms with E-state index in [0.717, 1.165) is 0 Å². The van der Waals surface area contributed by atoms with Crippen molar-refractivity contribution in [2.24, 2.45) is 0 Å². The van der Waals surface area contributed by atoms with Crippen molar-refractivity contribution < 1.29 is 28.5 Å². The Kier molecular flexibility index (Phi) is 2.27. The number of alkyl halides is 2. The summed E-state index contributed by atoms with van der Waals surface area (Å²) in [5.41, 5.74) is -2.64. The Balaban J connectivity index is 2.58. The van der Waals surface area contributed by atoms with E-state index in [1.807, 2.05) is 0 Å². The molecule has 0 aromatic heterocycles. The number of hydrogen-bond acceptors (Lipinski definition) is 3. The van der Waals surface area contributed by atoms with Crippen LogP contribution in [0.15, 0.2) is 18.2 Å². The average molecular weight is 244 g/mol. The first-order valence-corrected chi connectivity index (χ1v) is 4.84. The number of phenolic OH excluding ortho intramolecular Hbond substituents is 1. The van der Waals surface area contributed by atoms with Crippen LogP contribution in [0.1, 0.15) is 12.0 Å². The van der Waals surface area contributed by atoms with Gasteiger partial charge in [-0.15, -0.1) is 0 Å². The number of phenols is 1. The summed E-state index contributed by atoms with van der Waals surface area (Å²) in [5, 5.41) is 18.7. The highest BCUT2D eigenvalue weighted by Gasteiger charge is 2.78. The quantitative estimate of drug-likeness (QED) is 0.850. The van der Waals surface area contributed by atoms with Crippen LogP contribution in [0, 0.1) is 0 Å². The van der Waals surface area contributed by atoms with Crippen LogP contribution in [-0.2, 0) is 10.2 Å². The number of rotatable bonds is 3. The van der Waals surface area contributed by atoms with Crippen molar-refractivity contribution in [2.75, 3.05) is 7.11 Å². The van der Waals surface area contributed by atoms with Gasteiger partial charge in [0.05, 0.1) is 7.11 Å². The molecule has 1 unspecified atom stereocenters. The lowest BCUT2D eigenvalue weighted by Gasteiger charge is -2.15. The summed E-state index contributed by atoms with van der Waals surface area (Å²) in [4.78, 5) is 11.0. The highest BCUT2D eigenvalue weighted by molar-refractivity contribution is 5.89. The fourth-order valence-corrected chi connectivity index (χ4v) is 1.96. The van der Waals surface area contributed by atoms with E-state index in [2.05, 4.69) is 0 Å². The predicted molar refractivity (Wildman–Crippen MR) is 53.5 cm³/mol. The van der Waals surface area contributed by atoms with Gasteiger partial charge >= 0.3 is 5.97 Å². The minimum atomic E-state index is -3.34. The minimum absolute atomic E-state index is 0.0224. The number of benzene rings is 1. The number of aliphatic carboxylic acids is 1. The van der Waals surface area contributed by atoms with Gasteiger partial charge in [-0.2, -0.15) is 0 Å². The van der Waals surface area contributed by atoms with E-state index in [0.29, 0.717) is 0 Å². The highest BCUT2D eigenvalue weighted by Crippen LogP contribution is 2.64. The predicted octanol–water partition coefficient (Wildman–Crippen LogP) is 1.76. The van der Waals surface area contributed by atoms with Gasteiger partial charge < -0.3 is 14.9 Å². The Morgan fingerprint density at radius 1 is 1.47 bits per heavy atom. The standard InChI is InChI=1S/C11H10F2O4/c1-17-7-4-2-3-6(8(7)14)10(9(15)16)5-11(10,12)13/h2-4,14H,5H2,1H3,(H,15,16). The van der Waals surface area contributed by atoms with Crippen LogP contribution in [0.2, 0.25) is 0 Å². The Labute approximate surface area is 95.4 Å². The molecule has 1 fully saturated rings. The van der Waals surface area contributed by atoms with Crippen LogP contribution < -0.4 is 4.74 Å². The van der Waals surface area contributed by atoms with Gasteiger partial charge in [0.25, 0.3) is 5.92 Å². The normalized spacial score (nSPS) is 25.4. The molecule has 1 atom stereocenters. The van der Waals surface area contributed by atoms with Crippen molar-refractivity contribution in [2.45, 2.75) is 17.8 Å². The van der Waals surface area contributed by atoms with E-state index in [4.69, 9.17) is 9.84 Å². The molecule has 1 saturated carbocycles. The van der Waals surface area contributed by atoms with Crippen molar-refractivity contribution >= 4 is 5.97 Å². The van der Waals surface area contributed by atoms with Gasteiger partial charge in [0.15, 0.2) is 16.9 Å². The van der Waals surface area contributed by atoms with Crippen molar-refractivity contribution in [1.82, 2.24) is 0 Å². The molecule has 0 heterocycles. The van der Waals surface area contributed by atoms with Gasteiger partial charge in [-0.3, -0.25) is 4.79 Å². The fourth-order valence-electron chi connectivity index (χ4n) is 1.96. The van der Waals surface area contributed by atoms with Crippen LogP contribution >= 0.6 is 0 Å². The van der Waals surface area contributed by atoms with Crippen LogP contribution in [0.25, 0.3) is 0 Å². The lowest BCUT2D eigenvalue weighted by atomic mass is 9.94. The SMILES string of the molecule is COc1cccc(C2(C(=O)O)CC2(F)F)c1O. The number of ether oxygens (including phenoxy) is 1. The maximum Gasteiger partial charge on any atom is 0.320 e. The molecular weight excluding hydrogens is 234 g/mol. The number of aromatic hydroxyl groups is 1. The lowest BCUT2D eigenvalue weighted by molar-refractivity contribution is -0.143. The van der Waals surface area contributed by atoms with Crippen molar-refractivity contribution in [1.29, 1.82) is 0 Å². The van der Waals surface area contributed by atoms with Gasteiger partial charge in [-0.1, -0.05) is 12.1 Å². The third-order valence-electron chi connectivity index (χ3n) is 3.03. The molecular formula is C11H10F2O4. The zero-order valence-corrected chi connectivity index (χ0v) is 8.91. The van der Waals surface area contributed by atoms with E-state index >= 15 is 0 Å². The monoisotopic (exact) mass is 244 g/mol. The summed E-state index contributed by atoms with van der Waals surface area (Å²) in [6.07, 6.45) is -0.809. The molecule has 0 bridgehead atoms. The van der Waals surface area contributed by atoms with Gasteiger partial charge in [0.2, 0.25) is 0 Å². The molecule has 1 aromatic carbocycles. The molecule has 6 heteroatoms. The third kappa shape index (κ3) is 1.36. The second-order valence-electron chi connectivity index (χ2n) is 3.95. The summed E-state index contributed by atoms with van der Waals surface area (Å²) < 4.78 is 31.3. The Morgan fingerprint density at radius 3 is 2.47 bits per heavy atom. The van der Waals surface area contributed by atoms with Gasteiger partial charge in [0.1, 0.15) is 0 Å². The summed E-state index contributed by atoms with van der Waals surface area (Å²) in [6, 6.07) is 3.91. The van der Waals surface area contributed by atoms with Crippen molar-refractivity contribution in [3.05, 3.63) is 23.8 Å². The number of halogens is 2. The van der Waals surface area contributed by atoms with E-state index in [1.54, 1.807) is 0 Å². The third-order valence-corrected chi connectivity index (χ3v) is 3.03. The van der Waals surface area contributed by atoms with Gasteiger partial charge in [0, 0.05) is 12.0 Å². The smallest absolute Gasteiger partial charge is 0.320 e. The number of carboxylic acids is 1. The molecule has 0 amide bonds. The molecule has 1 aliphatic rings. The minimum Gasteiger partial charge on any atom is -0.504 e. The summed E-state index contributed by atoms with van der Waals surface area (Å²) in [5.74, 6) is -5.56. The topological polar surface area (TPSA) is 66.8 Å². The fraction of sp³-hybridized carbons (Fsp3) is 0.364. The van der Waals surface area contributed by atoms with Crippen molar-refractivity contribution in [3.63, 3.8) is 0 Å². The maximum atomic E-state index is 13.3. The molecule has 0 spiro atoms. The Hall–Kier alpha value is -1.85. The number of hydrogen-bond donors (Lipinski definition) is 2. The molecule has 17 heavy (non-hydrogen) atoms. The van der Waals surface area contributed by atoms with E-state index in [-0.39, 0.29) is 11.3 Å². The number of para-hydroxylation sites is 1. The Bertz CT molecular complexity index is 486. The molecule has 1 aromatic rings. The molecule has 0 radical (unpaired) electrons. The number of carboxylic acid groups (broad SMARTS) is 1. The van der Waals surface area contributed by atoms with Crippen LogP contribution in [0.5, 0.6) is 11.5 Å². The van der Waals surface area contributed by atoms with Gasteiger partial charge in [-0.05, 0) is 6.07 Å². The zero-order chi connectivity index (χ0) is 12.8. The summed E-state index contributed by atoms with van der Waals surface area (Å²) in [6.45, 7) is 0. The second kappa shape index (κ2) is 3.32. The molecule has 4 nitrogen and oxygen atoms in total. The number of methoxy groups -OCH3 is 1. The van der Waals surface area contributed by atoms with Gasteiger partial charge in [-0.25, -0.2) is 8.78 Å². The first kappa shape index (κ1) is 11.6. The summed E-state index contributed by atoms with van der Waals surface area (Å²) in [7, 11) is 1.26. The van der Waals surface area contributed by atoms with E-state index in [1.165, 1.54) is 25.3 Å². The molecule has 92 valence electrons. The first-order chi connectivity index (χ1) is 7.87. The van der Waals surface area contributed by atoms with E-state index in [9.17, 15) is 18.7 Å². The molecule has 2 N–H and O–H groups in total. The first-order valence-electron chi connectivity index (χ1n) is 4.84. The molecule has 0 saturated heterocycles. The second-order valence-corrected chi connectivity index (χ2v) is 3.95. The van der Waals surface area contributed by atoms with Crippen molar-refractivity contribution in [3.8, 4) is 11.5 Å². The molecule has 1 aliphatic carbocycles. The Morgan fingerprint density at radius 2 is 2.06 bits per heavy atom. The van der Waals surface area contributed by atoms with Crippen LogP contribution in [-0.4, -0.2) is 29.2 Å². The van der Waals surface area contributed by atoms with E-state index < -0.39 is 29.5 Å². The largest absolute Gasteiger partial charge is 0.504 e. The van der Waals surface area contributed by atoms with Crippen LogP contribution in [0.4, 0.5) is 8.78 Å². The van der Waals surface area contributed by atoms with Crippen LogP contribution in [0.3, 0.4) is 0 Å². The summed E-state index contributed by atoms with van der Waals surface area (Å²) >= 11 is 0. The lowest BCUT2D eigenvalue weighted by Crippen LogP contribution is -2.27. The average Bonchev–Trinajstić information content (AvgIpc) is 2.83. The molecule has 2 rings (SSSR count). The number of carbonyl (C=O) groups is 1.